The van der Waals surface area contributed by atoms with Crippen LogP contribution in [0.5, 0.6) is 0 Å². The lowest BCUT2D eigenvalue weighted by Crippen LogP contribution is -2.10. The summed E-state index contributed by atoms with van der Waals surface area (Å²) < 4.78 is 0.750. The van der Waals surface area contributed by atoms with Crippen LogP contribution in [-0.2, 0) is 0 Å². The maximum absolute atomic E-state index is 11.9. The molecule has 1 N–H and O–H groups in total. The third kappa shape index (κ3) is 2.72. The van der Waals surface area contributed by atoms with Crippen molar-refractivity contribution in [1.29, 1.82) is 5.26 Å². The fourth-order valence-corrected chi connectivity index (χ4v) is 2.94. The van der Waals surface area contributed by atoms with E-state index in [-0.39, 0.29) is 5.91 Å². The number of hydrogen-bond acceptors (Lipinski definition) is 3. The molecule has 0 fully saturated rings. The number of rotatable bonds is 2. The Morgan fingerprint density at radius 1 is 1.44 bits per heavy atom. The number of hydrogen-bond donors (Lipinski definition) is 1. The van der Waals surface area contributed by atoms with E-state index in [1.807, 2.05) is 17.5 Å². The topological polar surface area (TPSA) is 52.9 Å². The second-order valence-electron chi connectivity index (χ2n) is 3.36. The molecule has 0 aliphatic heterocycles. The van der Waals surface area contributed by atoms with Crippen molar-refractivity contribution < 1.29 is 4.79 Å². The van der Waals surface area contributed by atoms with E-state index in [0.717, 1.165) is 4.47 Å². The van der Waals surface area contributed by atoms with Crippen molar-refractivity contribution in [3.05, 3.63) is 49.6 Å². The van der Waals surface area contributed by atoms with Crippen LogP contribution in [-0.4, -0.2) is 5.91 Å². The summed E-state index contributed by atoms with van der Waals surface area (Å²) in [5.41, 5.74) is 0.876. The number of halogens is 2. The molecule has 1 aromatic carbocycles. The molecule has 0 radical (unpaired) electrons. The van der Waals surface area contributed by atoms with Gasteiger partial charge in [-0.15, -0.1) is 11.3 Å². The van der Waals surface area contributed by atoms with Gasteiger partial charge in [0.15, 0.2) is 0 Å². The minimum Gasteiger partial charge on any atom is -0.321 e. The van der Waals surface area contributed by atoms with Crippen LogP contribution in [0.25, 0.3) is 0 Å². The van der Waals surface area contributed by atoms with Crippen LogP contribution in [0, 0.1) is 11.3 Å². The first kappa shape index (κ1) is 13.1. The number of benzene rings is 1. The Hall–Kier alpha value is -1.35. The molecule has 0 bridgehead atoms. The summed E-state index contributed by atoms with van der Waals surface area (Å²) in [5, 5.41) is 13.8. The summed E-state index contributed by atoms with van der Waals surface area (Å²) in [6.45, 7) is 0. The molecule has 0 unspecified atom stereocenters. The predicted molar refractivity (Wildman–Crippen MR) is 76.1 cm³/mol. The molecule has 1 amide bonds. The Labute approximate surface area is 121 Å². The van der Waals surface area contributed by atoms with Gasteiger partial charge in [-0.1, -0.05) is 11.6 Å². The van der Waals surface area contributed by atoms with E-state index in [0.29, 0.717) is 21.2 Å². The van der Waals surface area contributed by atoms with Crippen LogP contribution in [0.3, 0.4) is 0 Å². The third-order valence-electron chi connectivity index (χ3n) is 2.17. The number of nitriles is 1. The van der Waals surface area contributed by atoms with E-state index in [4.69, 9.17) is 16.9 Å². The van der Waals surface area contributed by atoms with Crippen molar-refractivity contribution in [2.24, 2.45) is 0 Å². The Morgan fingerprint density at radius 3 is 2.83 bits per heavy atom. The third-order valence-corrected chi connectivity index (χ3v) is 4.33. The van der Waals surface area contributed by atoms with Gasteiger partial charge in [0, 0.05) is 10.2 Å². The summed E-state index contributed by atoms with van der Waals surface area (Å²) in [7, 11) is 0. The average molecular weight is 342 g/mol. The van der Waals surface area contributed by atoms with E-state index in [1.54, 1.807) is 18.2 Å². The molecule has 0 saturated carbocycles. The van der Waals surface area contributed by atoms with E-state index >= 15 is 0 Å². The summed E-state index contributed by atoms with van der Waals surface area (Å²) in [6.07, 6.45) is 0. The fourth-order valence-electron chi connectivity index (χ4n) is 1.33. The van der Waals surface area contributed by atoms with E-state index in [1.165, 1.54) is 11.3 Å². The first-order chi connectivity index (χ1) is 8.61. The molecule has 0 saturated heterocycles. The van der Waals surface area contributed by atoms with Gasteiger partial charge >= 0.3 is 0 Å². The first-order valence-corrected chi connectivity index (χ1v) is 6.91. The van der Waals surface area contributed by atoms with E-state index in [2.05, 4.69) is 21.2 Å². The van der Waals surface area contributed by atoms with Crippen molar-refractivity contribution in [1.82, 2.24) is 0 Å². The summed E-state index contributed by atoms with van der Waals surface area (Å²) in [6, 6.07) is 8.55. The standard InChI is InChI=1S/C12H6BrClN2OS/c13-9-3-4-18-11(9)12(17)16-8-1-2-10(14)7(5-8)6-15/h1-5H,(H,16,17). The molecule has 2 aromatic rings. The molecule has 0 atom stereocenters. The smallest absolute Gasteiger partial charge is 0.266 e. The number of nitrogens with one attached hydrogen (secondary N) is 1. The average Bonchev–Trinajstić information content (AvgIpc) is 2.78. The molecule has 3 nitrogen and oxygen atoms in total. The molecule has 1 aromatic heterocycles. The lowest BCUT2D eigenvalue weighted by molar-refractivity contribution is 0.103. The summed E-state index contributed by atoms with van der Waals surface area (Å²) >= 11 is 10.5. The fraction of sp³-hybridized carbons (Fsp3) is 0. The number of carbonyl (C=O) groups excluding carboxylic acids is 1. The molecule has 90 valence electrons. The number of nitrogens with zero attached hydrogens (tertiary/aromatic N) is 1. The molecule has 0 aliphatic rings. The maximum Gasteiger partial charge on any atom is 0.266 e. The molecular weight excluding hydrogens is 336 g/mol. The van der Waals surface area contributed by atoms with Crippen LogP contribution in [0.15, 0.2) is 34.1 Å². The number of thiophene rings is 1. The Bertz CT molecular complexity index is 648. The van der Waals surface area contributed by atoms with Gasteiger partial charge in [0.1, 0.15) is 10.9 Å². The monoisotopic (exact) mass is 340 g/mol. The molecule has 1 heterocycles. The molecule has 2 rings (SSSR count). The normalized spacial score (nSPS) is 9.83. The Kier molecular flexibility index (Phi) is 4.02. The highest BCUT2D eigenvalue weighted by Crippen LogP contribution is 2.25. The zero-order valence-electron chi connectivity index (χ0n) is 8.91. The van der Waals surface area contributed by atoms with Crippen LogP contribution >= 0.6 is 38.9 Å². The molecule has 18 heavy (non-hydrogen) atoms. The van der Waals surface area contributed by atoms with Crippen LogP contribution in [0.2, 0.25) is 5.02 Å². The number of anilines is 1. The lowest BCUT2D eigenvalue weighted by Gasteiger charge is -2.05. The van der Waals surface area contributed by atoms with Crippen molar-refractivity contribution in [3.8, 4) is 6.07 Å². The van der Waals surface area contributed by atoms with Crippen LogP contribution < -0.4 is 5.32 Å². The minimum absolute atomic E-state index is 0.219. The lowest BCUT2D eigenvalue weighted by atomic mass is 10.2. The van der Waals surface area contributed by atoms with Crippen LogP contribution in [0.4, 0.5) is 5.69 Å². The number of amides is 1. The Balaban J connectivity index is 2.23. The SMILES string of the molecule is N#Cc1cc(NC(=O)c2sccc2Br)ccc1Cl. The van der Waals surface area contributed by atoms with Crippen molar-refractivity contribution in [2.75, 3.05) is 5.32 Å². The second-order valence-corrected chi connectivity index (χ2v) is 5.54. The van der Waals surface area contributed by atoms with Gasteiger partial charge in [0.25, 0.3) is 5.91 Å². The van der Waals surface area contributed by atoms with Gasteiger partial charge in [-0.05, 0) is 45.6 Å². The number of carbonyl (C=O) groups is 1. The molecular formula is C12H6BrClN2OS. The quantitative estimate of drug-likeness (QED) is 0.886. The van der Waals surface area contributed by atoms with Gasteiger partial charge in [0.2, 0.25) is 0 Å². The second kappa shape index (κ2) is 5.53. The van der Waals surface area contributed by atoms with Gasteiger partial charge < -0.3 is 5.32 Å². The Morgan fingerprint density at radius 2 is 2.22 bits per heavy atom. The van der Waals surface area contributed by atoms with E-state index < -0.39 is 0 Å². The highest BCUT2D eigenvalue weighted by Gasteiger charge is 2.12. The largest absolute Gasteiger partial charge is 0.321 e. The van der Waals surface area contributed by atoms with Crippen molar-refractivity contribution in [2.45, 2.75) is 0 Å². The highest BCUT2D eigenvalue weighted by atomic mass is 79.9. The van der Waals surface area contributed by atoms with Gasteiger partial charge in [0.05, 0.1) is 10.6 Å². The van der Waals surface area contributed by atoms with Crippen LogP contribution in [0.1, 0.15) is 15.2 Å². The van der Waals surface area contributed by atoms with Gasteiger partial charge in [-0.2, -0.15) is 5.26 Å². The zero-order chi connectivity index (χ0) is 13.1. The van der Waals surface area contributed by atoms with Gasteiger partial charge in [-0.3, -0.25) is 4.79 Å². The summed E-state index contributed by atoms with van der Waals surface area (Å²) in [4.78, 5) is 12.5. The zero-order valence-corrected chi connectivity index (χ0v) is 12.1. The molecule has 6 heteroatoms. The van der Waals surface area contributed by atoms with Crippen molar-refractivity contribution in [3.63, 3.8) is 0 Å². The molecule has 0 spiro atoms. The van der Waals surface area contributed by atoms with E-state index in [9.17, 15) is 4.79 Å². The minimum atomic E-state index is -0.219. The molecule has 0 aliphatic carbocycles. The predicted octanol–water partition coefficient (Wildman–Crippen LogP) is 4.29. The summed E-state index contributed by atoms with van der Waals surface area (Å²) in [5.74, 6) is -0.219. The van der Waals surface area contributed by atoms with Gasteiger partial charge in [-0.25, -0.2) is 0 Å². The highest BCUT2D eigenvalue weighted by molar-refractivity contribution is 9.10. The first-order valence-electron chi connectivity index (χ1n) is 4.86. The van der Waals surface area contributed by atoms with Crippen molar-refractivity contribution >= 4 is 50.5 Å². The maximum atomic E-state index is 11.9.